The zero-order chi connectivity index (χ0) is 36.6. The number of aromatic nitrogens is 2. The zero-order valence-electron chi connectivity index (χ0n) is 28.0. The summed E-state index contributed by atoms with van der Waals surface area (Å²) in [5.41, 5.74) is 2.14. The van der Waals surface area contributed by atoms with Gasteiger partial charge in [0.1, 0.15) is 0 Å². The second-order valence-corrected chi connectivity index (χ2v) is 12.6. The Labute approximate surface area is 297 Å². The highest BCUT2D eigenvalue weighted by Crippen LogP contribution is 2.47. The van der Waals surface area contributed by atoms with Crippen molar-refractivity contribution < 1.29 is 26.3 Å². The third-order valence-electron chi connectivity index (χ3n) is 8.90. The molecule has 0 radical (unpaired) electrons. The first-order valence-corrected chi connectivity index (χ1v) is 16.5. The highest BCUT2D eigenvalue weighted by molar-refractivity contribution is 5.85. The number of hydrogen-bond donors (Lipinski definition) is 0. The third kappa shape index (κ3) is 6.97. The highest BCUT2D eigenvalue weighted by Gasteiger charge is 2.40. The van der Waals surface area contributed by atoms with Gasteiger partial charge in [-0.1, -0.05) is 145 Å². The van der Waals surface area contributed by atoms with Crippen LogP contribution in [0.4, 0.5) is 26.3 Å². The van der Waals surface area contributed by atoms with Gasteiger partial charge in [-0.05, 0) is 48.2 Å². The molecule has 0 spiro atoms. The Morgan fingerprint density at radius 3 is 0.981 bits per heavy atom. The van der Waals surface area contributed by atoms with Gasteiger partial charge in [0.15, 0.2) is 0 Å². The summed E-state index contributed by atoms with van der Waals surface area (Å²) in [7, 11) is 0. The number of rotatable bonds is 6. The largest absolute Gasteiger partial charge is 0.419 e. The molecule has 7 aromatic rings. The van der Waals surface area contributed by atoms with Crippen molar-refractivity contribution in [3.05, 3.63) is 168 Å². The lowest BCUT2D eigenvalue weighted by atomic mass is 9.90. The average molecular weight is 701 g/mol. The van der Waals surface area contributed by atoms with Gasteiger partial charge in [0.05, 0.1) is 33.9 Å². The van der Waals surface area contributed by atoms with Crippen LogP contribution in [-0.2, 0) is 12.4 Å². The fourth-order valence-electron chi connectivity index (χ4n) is 6.30. The summed E-state index contributed by atoms with van der Waals surface area (Å²) < 4.78 is 90.4. The molecule has 0 saturated heterocycles. The van der Waals surface area contributed by atoms with E-state index in [4.69, 9.17) is 0 Å². The Bertz CT molecular complexity index is 2180. The van der Waals surface area contributed by atoms with E-state index in [1.54, 1.807) is 84.9 Å². The Kier molecular flexibility index (Phi) is 9.01. The first-order chi connectivity index (χ1) is 24.9. The van der Waals surface area contributed by atoms with Crippen LogP contribution in [0.3, 0.4) is 0 Å². The first kappa shape index (κ1) is 34.4. The maximum Gasteiger partial charge on any atom is 0.419 e. The predicted molar refractivity (Wildman–Crippen MR) is 194 cm³/mol. The van der Waals surface area contributed by atoms with Crippen LogP contribution >= 0.6 is 0 Å². The molecule has 0 atom stereocenters. The smallest absolute Gasteiger partial charge is 0.247 e. The number of halogens is 6. The zero-order valence-corrected chi connectivity index (χ0v) is 28.0. The van der Waals surface area contributed by atoms with Crippen LogP contribution in [0.1, 0.15) is 22.3 Å². The maximum absolute atomic E-state index is 15.1. The Hall–Kier alpha value is -6.02. The van der Waals surface area contributed by atoms with Gasteiger partial charge in [0.2, 0.25) is 0 Å². The normalized spacial score (nSPS) is 11.8. The quantitative estimate of drug-likeness (QED) is 0.161. The second kappa shape index (κ2) is 13.6. The van der Waals surface area contributed by atoms with Gasteiger partial charge in [-0.2, -0.15) is 26.3 Å². The molecule has 0 amide bonds. The van der Waals surface area contributed by atoms with E-state index in [1.165, 1.54) is 36.4 Å². The molecule has 0 aliphatic rings. The molecule has 0 bridgehead atoms. The van der Waals surface area contributed by atoms with Gasteiger partial charge in [-0.15, -0.1) is 0 Å². The van der Waals surface area contributed by atoms with Gasteiger partial charge in [0.25, 0.3) is 0 Å². The van der Waals surface area contributed by atoms with Crippen LogP contribution in [0, 0.1) is 13.8 Å². The van der Waals surface area contributed by atoms with Crippen LogP contribution < -0.4 is 0 Å². The molecule has 0 unspecified atom stereocenters. The van der Waals surface area contributed by atoms with Gasteiger partial charge in [-0.25, -0.2) is 9.97 Å². The lowest BCUT2D eigenvalue weighted by molar-refractivity contribution is -0.137. The number of nitrogens with zero attached hydrogens (tertiary/aromatic N) is 2. The van der Waals surface area contributed by atoms with Crippen LogP contribution in [-0.4, -0.2) is 9.97 Å². The molecular formula is C44H30F6N2. The molecule has 2 nitrogen and oxygen atoms in total. The number of benzene rings is 5. The minimum atomic E-state index is -4.81. The van der Waals surface area contributed by atoms with E-state index in [0.717, 1.165) is 11.1 Å². The molecule has 0 saturated carbocycles. The van der Waals surface area contributed by atoms with Crippen LogP contribution in [0.25, 0.3) is 67.3 Å². The molecule has 5 aromatic carbocycles. The van der Waals surface area contributed by atoms with E-state index < -0.39 is 23.5 Å². The Balaban J connectivity index is 1.45. The molecule has 2 aromatic heterocycles. The van der Waals surface area contributed by atoms with Crippen LogP contribution in [0.2, 0.25) is 0 Å². The number of hydrogen-bond acceptors (Lipinski definition) is 2. The number of pyridine rings is 2. The van der Waals surface area contributed by atoms with E-state index in [0.29, 0.717) is 22.5 Å². The summed E-state index contributed by atoms with van der Waals surface area (Å²) in [4.78, 5) is 9.06. The molecule has 0 fully saturated rings. The van der Waals surface area contributed by atoms with E-state index in [1.807, 2.05) is 38.1 Å². The fraction of sp³-hybridized carbons (Fsp3) is 0.0909. The van der Waals surface area contributed by atoms with Crippen molar-refractivity contribution in [2.75, 3.05) is 0 Å². The molecule has 7 rings (SSSR count). The summed E-state index contributed by atoms with van der Waals surface area (Å²) in [6.07, 6.45) is -9.61. The van der Waals surface area contributed by atoms with Gasteiger partial charge < -0.3 is 0 Å². The molecule has 258 valence electrons. The Morgan fingerprint density at radius 1 is 0.365 bits per heavy atom. The van der Waals surface area contributed by atoms with Gasteiger partial charge in [-0.3, -0.25) is 0 Å². The fourth-order valence-corrected chi connectivity index (χ4v) is 6.30. The minimum Gasteiger partial charge on any atom is -0.247 e. The predicted octanol–water partition coefficient (Wildman–Crippen LogP) is 13.1. The summed E-state index contributed by atoms with van der Waals surface area (Å²) in [5.74, 6) is 0. The highest BCUT2D eigenvalue weighted by atomic mass is 19.4. The standard InChI is InChI=1S/C44H30F6N2/c1-27-13-17-31(18-14-27)37-25-35(39(43(45,46)47)41(51-37)33-9-5-3-6-10-33)29-21-23-30(24-22-29)36-26-38(32-19-15-28(2)16-20-32)52-42(40(36)44(48,49)50)34-11-7-4-8-12-34/h3-26H,1-2H3. The van der Waals surface area contributed by atoms with Crippen molar-refractivity contribution >= 4 is 0 Å². The lowest BCUT2D eigenvalue weighted by Crippen LogP contribution is -2.12. The molecule has 0 aliphatic carbocycles. The minimum absolute atomic E-state index is 0.139. The molecule has 52 heavy (non-hydrogen) atoms. The number of alkyl halides is 6. The third-order valence-corrected chi connectivity index (χ3v) is 8.90. The van der Waals surface area contributed by atoms with Crippen molar-refractivity contribution in [2.24, 2.45) is 0 Å². The molecule has 0 N–H and O–H groups in total. The average Bonchev–Trinajstić information content (AvgIpc) is 3.14. The molecule has 8 heteroatoms. The van der Waals surface area contributed by atoms with Crippen LogP contribution in [0.15, 0.2) is 146 Å². The van der Waals surface area contributed by atoms with Gasteiger partial charge >= 0.3 is 12.4 Å². The Morgan fingerprint density at radius 2 is 0.673 bits per heavy atom. The van der Waals surface area contributed by atoms with Crippen molar-refractivity contribution in [1.82, 2.24) is 9.97 Å². The second-order valence-electron chi connectivity index (χ2n) is 12.6. The molecular weight excluding hydrogens is 670 g/mol. The first-order valence-electron chi connectivity index (χ1n) is 16.5. The van der Waals surface area contributed by atoms with Crippen molar-refractivity contribution in [2.45, 2.75) is 26.2 Å². The summed E-state index contributed by atoms with van der Waals surface area (Å²) in [5, 5.41) is 0. The SMILES string of the molecule is Cc1ccc(-c2cc(-c3ccc(-c4cc(-c5ccc(C)cc5)nc(-c5ccccc5)c4C(F)(F)F)cc3)c(C(F)(F)F)c(-c3ccccc3)n2)cc1. The number of aryl methyl sites for hydroxylation is 2. The monoisotopic (exact) mass is 700 g/mol. The summed E-state index contributed by atoms with van der Waals surface area (Å²) in [6.45, 7) is 3.82. The van der Waals surface area contributed by atoms with Gasteiger partial charge in [0, 0.05) is 22.3 Å². The van der Waals surface area contributed by atoms with E-state index >= 15 is 26.3 Å². The lowest BCUT2D eigenvalue weighted by Gasteiger charge is -2.21. The van der Waals surface area contributed by atoms with E-state index in [2.05, 4.69) is 9.97 Å². The van der Waals surface area contributed by atoms with Crippen LogP contribution in [0.5, 0.6) is 0 Å². The van der Waals surface area contributed by atoms with Crippen molar-refractivity contribution in [3.63, 3.8) is 0 Å². The maximum atomic E-state index is 15.1. The summed E-state index contributed by atoms with van der Waals surface area (Å²) in [6, 6.07) is 39.4. The molecule has 0 aliphatic heterocycles. The van der Waals surface area contributed by atoms with Crippen molar-refractivity contribution in [3.8, 4) is 67.3 Å². The summed E-state index contributed by atoms with van der Waals surface area (Å²) >= 11 is 0. The van der Waals surface area contributed by atoms with Crippen molar-refractivity contribution in [1.29, 1.82) is 0 Å². The van der Waals surface area contributed by atoms with E-state index in [-0.39, 0.29) is 44.8 Å². The topological polar surface area (TPSA) is 25.8 Å². The molecule has 2 heterocycles. The van der Waals surface area contributed by atoms with E-state index in [9.17, 15) is 0 Å².